The van der Waals surface area contributed by atoms with Crippen LogP contribution in [0.2, 0.25) is 0 Å². The van der Waals surface area contributed by atoms with Crippen LogP contribution < -0.4 is 0 Å². The van der Waals surface area contributed by atoms with E-state index in [1.807, 2.05) is 0 Å². The molecule has 0 fully saturated rings. The lowest BCUT2D eigenvalue weighted by atomic mass is 9.93. The largest absolute Gasteiger partial charge is 0.285 e. The summed E-state index contributed by atoms with van der Waals surface area (Å²) in [7, 11) is 0. The van der Waals surface area contributed by atoms with Gasteiger partial charge < -0.3 is 0 Å². The lowest BCUT2D eigenvalue weighted by Gasteiger charge is -2.15. The summed E-state index contributed by atoms with van der Waals surface area (Å²) in [5, 5.41) is 0. The van der Waals surface area contributed by atoms with Gasteiger partial charge in [0.25, 0.3) is 0 Å². The van der Waals surface area contributed by atoms with Crippen molar-refractivity contribution < 1.29 is 0 Å². The van der Waals surface area contributed by atoms with Gasteiger partial charge in [0.15, 0.2) is 0 Å². The van der Waals surface area contributed by atoms with Gasteiger partial charge in [-0.25, -0.2) is 0 Å². The zero-order valence-corrected chi connectivity index (χ0v) is 12.2. The number of unbranched alkanes of at least 4 members (excludes halogenated alkanes) is 1. The molecule has 0 saturated heterocycles. The van der Waals surface area contributed by atoms with Gasteiger partial charge in [-0.2, -0.15) is 0 Å². The van der Waals surface area contributed by atoms with Crippen molar-refractivity contribution in [2.75, 3.05) is 6.54 Å². The van der Waals surface area contributed by atoms with Crippen LogP contribution in [0.1, 0.15) is 59.3 Å². The summed E-state index contributed by atoms with van der Waals surface area (Å²) in [6.07, 6.45) is 15.9. The van der Waals surface area contributed by atoms with E-state index < -0.39 is 0 Å². The van der Waals surface area contributed by atoms with Crippen molar-refractivity contribution in [1.82, 2.24) is 0 Å². The van der Waals surface area contributed by atoms with Crippen LogP contribution in [-0.2, 0) is 0 Å². The summed E-state index contributed by atoms with van der Waals surface area (Å²) in [5.74, 6) is 0. The minimum Gasteiger partial charge on any atom is -0.285 e. The smallest absolute Gasteiger partial charge is 0.0634 e. The first kappa shape index (κ1) is 14.9. The lowest BCUT2D eigenvalue weighted by molar-refractivity contribution is 0.805. The fourth-order valence-corrected chi connectivity index (χ4v) is 2.21. The number of aliphatic imine (C=N–C) groups is 1. The van der Waals surface area contributed by atoms with Crippen LogP contribution in [0, 0.1) is 0 Å². The molecule has 18 heavy (non-hydrogen) atoms. The molecule has 0 spiro atoms. The van der Waals surface area contributed by atoms with Crippen molar-refractivity contribution in [2.45, 2.75) is 59.3 Å². The molecule has 0 aromatic heterocycles. The van der Waals surface area contributed by atoms with E-state index in [1.165, 1.54) is 36.1 Å². The Morgan fingerprint density at radius 2 is 2.06 bits per heavy atom. The van der Waals surface area contributed by atoms with E-state index in [4.69, 9.17) is 4.99 Å². The second kappa shape index (κ2) is 8.91. The molecule has 0 aromatic rings. The molecule has 0 bridgehead atoms. The van der Waals surface area contributed by atoms with Gasteiger partial charge in [-0.05, 0) is 43.8 Å². The van der Waals surface area contributed by atoms with Crippen LogP contribution in [0.5, 0.6) is 0 Å². The minimum absolute atomic E-state index is 0.966. The molecular formula is C17H27N. The molecule has 100 valence electrons. The van der Waals surface area contributed by atoms with Crippen molar-refractivity contribution in [1.29, 1.82) is 0 Å². The SMILES string of the molecule is C/C=C1/C/C=C\C/C=C(/CCC)C1=NCCCC. The number of nitrogens with zero attached hydrogens (tertiary/aromatic N) is 1. The maximum Gasteiger partial charge on any atom is 0.0634 e. The predicted octanol–water partition coefficient (Wildman–Crippen LogP) is 5.25. The van der Waals surface area contributed by atoms with E-state index in [-0.39, 0.29) is 0 Å². The molecule has 0 saturated carbocycles. The maximum absolute atomic E-state index is 4.87. The van der Waals surface area contributed by atoms with Gasteiger partial charge >= 0.3 is 0 Å². The third-order valence-electron chi connectivity index (χ3n) is 3.26. The number of allylic oxidation sites excluding steroid dienone is 6. The first-order chi connectivity index (χ1) is 8.83. The molecule has 0 amide bonds. The van der Waals surface area contributed by atoms with Gasteiger partial charge in [0.05, 0.1) is 5.71 Å². The van der Waals surface area contributed by atoms with Gasteiger partial charge in [-0.15, -0.1) is 0 Å². The number of hydrogen-bond acceptors (Lipinski definition) is 1. The second-order valence-electron chi connectivity index (χ2n) is 4.79. The molecule has 1 nitrogen and oxygen atoms in total. The topological polar surface area (TPSA) is 12.4 Å². The molecule has 0 aliphatic heterocycles. The molecule has 1 heteroatoms. The summed E-state index contributed by atoms with van der Waals surface area (Å²) in [6, 6.07) is 0. The van der Waals surface area contributed by atoms with Crippen LogP contribution in [0.3, 0.4) is 0 Å². The highest BCUT2D eigenvalue weighted by Crippen LogP contribution is 2.20. The van der Waals surface area contributed by atoms with Gasteiger partial charge in [-0.1, -0.05) is 51.0 Å². The summed E-state index contributed by atoms with van der Waals surface area (Å²) < 4.78 is 0. The van der Waals surface area contributed by atoms with E-state index in [0.29, 0.717) is 0 Å². The highest BCUT2D eigenvalue weighted by atomic mass is 14.7. The average molecular weight is 245 g/mol. The Kier molecular flexibility index (Phi) is 7.40. The second-order valence-corrected chi connectivity index (χ2v) is 4.79. The zero-order chi connectivity index (χ0) is 13.2. The Morgan fingerprint density at radius 3 is 2.72 bits per heavy atom. The van der Waals surface area contributed by atoms with Gasteiger partial charge in [0.2, 0.25) is 0 Å². The molecule has 0 radical (unpaired) electrons. The highest BCUT2D eigenvalue weighted by molar-refractivity contribution is 6.12. The molecule has 0 aromatic carbocycles. The van der Waals surface area contributed by atoms with E-state index in [2.05, 4.69) is 45.1 Å². The van der Waals surface area contributed by atoms with Gasteiger partial charge in [-0.3, -0.25) is 4.99 Å². The van der Waals surface area contributed by atoms with Crippen molar-refractivity contribution in [3.8, 4) is 0 Å². The normalized spacial score (nSPS) is 25.6. The van der Waals surface area contributed by atoms with Crippen molar-refractivity contribution >= 4 is 5.71 Å². The summed E-state index contributed by atoms with van der Waals surface area (Å²) in [6.45, 7) is 7.56. The molecule has 1 aliphatic rings. The summed E-state index contributed by atoms with van der Waals surface area (Å²) in [5.41, 5.74) is 4.12. The predicted molar refractivity (Wildman–Crippen MR) is 82.3 cm³/mol. The summed E-state index contributed by atoms with van der Waals surface area (Å²) in [4.78, 5) is 4.87. The molecule has 1 aliphatic carbocycles. The number of hydrogen-bond donors (Lipinski definition) is 0. The average Bonchev–Trinajstić information content (AvgIpc) is 2.36. The van der Waals surface area contributed by atoms with Crippen LogP contribution in [-0.4, -0.2) is 12.3 Å². The van der Waals surface area contributed by atoms with Crippen molar-refractivity contribution in [2.24, 2.45) is 4.99 Å². The van der Waals surface area contributed by atoms with Gasteiger partial charge in [0, 0.05) is 6.54 Å². The molecule has 0 N–H and O–H groups in total. The molecule has 0 atom stereocenters. The fraction of sp³-hybridized carbons (Fsp3) is 0.588. The van der Waals surface area contributed by atoms with E-state index >= 15 is 0 Å². The quantitative estimate of drug-likeness (QED) is 0.463. The standard InChI is InChI=1S/C17H27N/c1-4-7-14-18-17-15(6-3)12-9-8-10-13-16(17)11-5-2/h6,8-9,13H,4-5,7,10-12,14H2,1-3H3/b9-8-,15-6-,16-13-,18-17?. The van der Waals surface area contributed by atoms with Crippen molar-refractivity contribution in [3.63, 3.8) is 0 Å². The molecular weight excluding hydrogens is 218 g/mol. The van der Waals surface area contributed by atoms with Crippen LogP contribution in [0.25, 0.3) is 0 Å². The Labute approximate surface area is 112 Å². The fourth-order valence-electron chi connectivity index (χ4n) is 2.21. The molecule has 1 rings (SSSR count). The first-order valence-electron chi connectivity index (χ1n) is 7.37. The van der Waals surface area contributed by atoms with Gasteiger partial charge in [0.1, 0.15) is 0 Å². The first-order valence-corrected chi connectivity index (χ1v) is 7.37. The highest BCUT2D eigenvalue weighted by Gasteiger charge is 2.11. The molecule has 0 unspecified atom stereocenters. The van der Waals surface area contributed by atoms with E-state index in [1.54, 1.807) is 0 Å². The Balaban J connectivity index is 2.97. The van der Waals surface area contributed by atoms with Crippen molar-refractivity contribution in [3.05, 3.63) is 35.5 Å². The summed E-state index contributed by atoms with van der Waals surface area (Å²) >= 11 is 0. The van der Waals surface area contributed by atoms with E-state index in [9.17, 15) is 0 Å². The lowest BCUT2D eigenvalue weighted by Crippen LogP contribution is -2.09. The Bertz CT molecular complexity index is 356. The van der Waals surface area contributed by atoms with E-state index in [0.717, 1.165) is 25.8 Å². The Morgan fingerprint density at radius 1 is 1.22 bits per heavy atom. The third-order valence-corrected chi connectivity index (χ3v) is 3.26. The van der Waals surface area contributed by atoms with Crippen LogP contribution in [0.15, 0.2) is 40.4 Å². The molecule has 0 heterocycles. The minimum atomic E-state index is 0.966. The monoisotopic (exact) mass is 245 g/mol. The third kappa shape index (κ3) is 4.64. The zero-order valence-electron chi connectivity index (χ0n) is 12.2. The Hall–Kier alpha value is -1.11. The maximum atomic E-state index is 4.87. The number of rotatable bonds is 5. The van der Waals surface area contributed by atoms with Crippen LogP contribution >= 0.6 is 0 Å². The van der Waals surface area contributed by atoms with Crippen LogP contribution in [0.4, 0.5) is 0 Å².